The van der Waals surface area contributed by atoms with Gasteiger partial charge in [-0.25, -0.2) is 4.98 Å². The molecule has 1 heterocycles. The third-order valence-electron chi connectivity index (χ3n) is 5.05. The van der Waals surface area contributed by atoms with Gasteiger partial charge in [-0.1, -0.05) is 107 Å². The second-order valence-corrected chi connectivity index (χ2v) is 7.77. The summed E-state index contributed by atoms with van der Waals surface area (Å²) in [6.07, 6.45) is 3.87. The zero-order chi connectivity index (χ0) is 19.4. The molecule has 0 fully saturated rings. The molecule has 1 unspecified atom stereocenters. The van der Waals surface area contributed by atoms with Crippen molar-refractivity contribution >= 4 is 15.9 Å². The van der Waals surface area contributed by atoms with Gasteiger partial charge in [0.15, 0.2) is 0 Å². The van der Waals surface area contributed by atoms with E-state index in [1.807, 2.05) is 30.7 Å². The summed E-state index contributed by atoms with van der Waals surface area (Å²) in [6.45, 7) is -0.00791. The van der Waals surface area contributed by atoms with Gasteiger partial charge in [-0.05, 0) is 16.7 Å². The highest BCUT2D eigenvalue weighted by Crippen LogP contribution is 2.41. The maximum absolute atomic E-state index is 9.56. The smallest absolute Gasteiger partial charge is 0.121 e. The van der Waals surface area contributed by atoms with E-state index in [1.54, 1.807) is 0 Å². The van der Waals surface area contributed by atoms with Crippen molar-refractivity contribution < 1.29 is 5.11 Å². The minimum Gasteiger partial charge on any atom is -0.395 e. The number of halogens is 1. The average Bonchev–Trinajstić information content (AvgIpc) is 3.26. The van der Waals surface area contributed by atoms with Gasteiger partial charge in [-0.3, -0.25) is 0 Å². The first-order valence-corrected chi connectivity index (χ1v) is 10.1. The zero-order valence-electron chi connectivity index (χ0n) is 15.3. The normalized spacial score (nSPS) is 12.6. The predicted molar refractivity (Wildman–Crippen MR) is 116 cm³/mol. The van der Waals surface area contributed by atoms with Gasteiger partial charge in [0.05, 0.1) is 23.5 Å². The van der Waals surface area contributed by atoms with Crippen molar-refractivity contribution in [1.82, 2.24) is 9.55 Å². The van der Waals surface area contributed by atoms with Crippen LogP contribution < -0.4 is 0 Å². The molecule has 3 aromatic carbocycles. The van der Waals surface area contributed by atoms with Gasteiger partial charge in [0.2, 0.25) is 0 Å². The highest BCUT2D eigenvalue weighted by Gasteiger charge is 2.38. The fourth-order valence-corrected chi connectivity index (χ4v) is 4.00. The van der Waals surface area contributed by atoms with Gasteiger partial charge < -0.3 is 9.67 Å². The Morgan fingerprint density at radius 1 is 0.786 bits per heavy atom. The van der Waals surface area contributed by atoms with E-state index in [4.69, 9.17) is 0 Å². The molecule has 4 rings (SSSR count). The molecular formula is C24H21BrN2O. The number of alkyl halides is 1. The molecule has 28 heavy (non-hydrogen) atoms. The second-order valence-electron chi connectivity index (χ2n) is 6.66. The van der Waals surface area contributed by atoms with Crippen LogP contribution in [0.2, 0.25) is 0 Å². The van der Waals surface area contributed by atoms with Crippen LogP contribution in [0.4, 0.5) is 0 Å². The van der Waals surface area contributed by atoms with Gasteiger partial charge in [0, 0.05) is 6.20 Å². The van der Waals surface area contributed by atoms with Crippen molar-refractivity contribution in [2.45, 2.75) is 10.4 Å². The fourth-order valence-electron chi connectivity index (χ4n) is 3.76. The molecule has 4 heteroatoms. The lowest BCUT2D eigenvalue weighted by molar-refractivity contribution is 0.297. The van der Waals surface area contributed by atoms with Crippen molar-refractivity contribution in [1.29, 1.82) is 0 Å². The van der Waals surface area contributed by atoms with E-state index in [0.29, 0.717) is 0 Å². The van der Waals surface area contributed by atoms with Crippen LogP contribution in [0, 0.1) is 0 Å². The lowest BCUT2D eigenvalue weighted by Gasteiger charge is -2.37. The van der Waals surface area contributed by atoms with E-state index in [2.05, 4.69) is 98.3 Å². The minimum absolute atomic E-state index is 0.00791. The Bertz CT molecular complexity index is 920. The van der Waals surface area contributed by atoms with E-state index in [1.165, 1.54) is 0 Å². The van der Waals surface area contributed by atoms with Crippen molar-refractivity contribution in [3.8, 4) is 0 Å². The third kappa shape index (κ3) is 3.19. The van der Waals surface area contributed by atoms with Gasteiger partial charge in [0.25, 0.3) is 0 Å². The number of aliphatic hydroxyl groups excluding tert-OH is 1. The summed E-state index contributed by atoms with van der Waals surface area (Å²) in [5.74, 6) is 0. The first kappa shape index (κ1) is 18.7. The summed E-state index contributed by atoms with van der Waals surface area (Å²) in [4.78, 5) is 4.39. The molecule has 4 aromatic rings. The number of rotatable bonds is 6. The summed E-state index contributed by atoms with van der Waals surface area (Å²) in [5.41, 5.74) is 3.66. The van der Waals surface area contributed by atoms with Crippen LogP contribution >= 0.6 is 15.9 Å². The van der Waals surface area contributed by atoms with E-state index in [0.717, 1.165) is 22.4 Å². The Kier molecular flexibility index (Phi) is 5.42. The Morgan fingerprint density at radius 3 is 1.61 bits per heavy atom. The van der Waals surface area contributed by atoms with Gasteiger partial charge in [0.1, 0.15) is 5.54 Å². The predicted octanol–water partition coefficient (Wildman–Crippen LogP) is 5.15. The monoisotopic (exact) mass is 432 g/mol. The maximum atomic E-state index is 9.56. The van der Waals surface area contributed by atoms with Crippen LogP contribution in [-0.2, 0) is 5.54 Å². The quantitative estimate of drug-likeness (QED) is 0.337. The summed E-state index contributed by atoms with van der Waals surface area (Å²) in [7, 11) is 0. The molecule has 0 aliphatic rings. The summed E-state index contributed by atoms with van der Waals surface area (Å²) in [6, 6.07) is 31.4. The first-order chi connectivity index (χ1) is 13.8. The Morgan fingerprint density at radius 2 is 1.21 bits per heavy atom. The van der Waals surface area contributed by atoms with Crippen LogP contribution in [0.1, 0.15) is 27.2 Å². The Balaban J connectivity index is 2.06. The van der Waals surface area contributed by atoms with Crippen LogP contribution in [0.5, 0.6) is 0 Å². The number of hydrogen-bond donors (Lipinski definition) is 1. The third-order valence-corrected chi connectivity index (χ3v) is 5.80. The van der Waals surface area contributed by atoms with Crippen LogP contribution in [0.15, 0.2) is 104 Å². The molecule has 0 aliphatic carbocycles. The SMILES string of the molecule is OCC(Br)c1cn(C(c2ccccc2)(c2ccccc2)c2ccccc2)cn1. The number of hydrogen-bond acceptors (Lipinski definition) is 2. The molecule has 140 valence electrons. The summed E-state index contributed by atoms with van der Waals surface area (Å²) >= 11 is 3.51. The van der Waals surface area contributed by atoms with Crippen molar-refractivity contribution in [3.63, 3.8) is 0 Å². The van der Waals surface area contributed by atoms with Gasteiger partial charge in [-0.2, -0.15) is 0 Å². The molecule has 0 saturated heterocycles. The number of aliphatic hydroxyl groups is 1. The van der Waals surface area contributed by atoms with E-state index in [-0.39, 0.29) is 11.4 Å². The molecular weight excluding hydrogens is 412 g/mol. The largest absolute Gasteiger partial charge is 0.395 e. The Labute approximate surface area is 173 Å². The zero-order valence-corrected chi connectivity index (χ0v) is 16.9. The van der Waals surface area contributed by atoms with E-state index < -0.39 is 5.54 Å². The maximum Gasteiger partial charge on any atom is 0.121 e. The molecule has 0 saturated carbocycles. The number of benzene rings is 3. The second kappa shape index (κ2) is 8.13. The van der Waals surface area contributed by atoms with Gasteiger partial charge >= 0.3 is 0 Å². The number of aromatic nitrogens is 2. The molecule has 0 spiro atoms. The number of imidazole rings is 1. The number of nitrogens with zero attached hydrogens (tertiary/aromatic N) is 2. The lowest BCUT2D eigenvalue weighted by atomic mass is 9.77. The first-order valence-electron chi connectivity index (χ1n) is 9.22. The topological polar surface area (TPSA) is 38.0 Å². The van der Waals surface area contributed by atoms with Gasteiger partial charge in [-0.15, -0.1) is 0 Å². The summed E-state index contributed by atoms with van der Waals surface area (Å²) in [5, 5.41) is 9.56. The fraction of sp³-hybridized carbons (Fsp3) is 0.125. The van der Waals surface area contributed by atoms with E-state index in [9.17, 15) is 5.11 Å². The molecule has 3 nitrogen and oxygen atoms in total. The van der Waals surface area contributed by atoms with E-state index >= 15 is 0 Å². The minimum atomic E-state index is -0.572. The molecule has 0 amide bonds. The van der Waals surface area contributed by atoms with Crippen LogP contribution in [0.25, 0.3) is 0 Å². The molecule has 0 radical (unpaired) electrons. The molecule has 1 aromatic heterocycles. The van der Waals surface area contributed by atoms with Crippen molar-refractivity contribution in [2.75, 3.05) is 6.61 Å². The lowest BCUT2D eigenvalue weighted by Crippen LogP contribution is -2.36. The van der Waals surface area contributed by atoms with Crippen LogP contribution in [0.3, 0.4) is 0 Å². The van der Waals surface area contributed by atoms with Crippen LogP contribution in [-0.4, -0.2) is 21.3 Å². The molecule has 1 N–H and O–H groups in total. The molecule has 1 atom stereocenters. The molecule has 0 aliphatic heterocycles. The summed E-state index contributed by atoms with van der Waals surface area (Å²) < 4.78 is 2.15. The van der Waals surface area contributed by atoms with Crippen molar-refractivity contribution in [3.05, 3.63) is 126 Å². The van der Waals surface area contributed by atoms with Crippen molar-refractivity contribution in [2.24, 2.45) is 0 Å². The average molecular weight is 433 g/mol. The highest BCUT2D eigenvalue weighted by atomic mass is 79.9. The highest BCUT2D eigenvalue weighted by molar-refractivity contribution is 9.09. The Hall–Kier alpha value is -2.69. The molecule has 0 bridgehead atoms. The standard InChI is InChI=1S/C24H21BrN2O/c25-22(17-28)23-16-27(18-26-23)24(19-10-4-1-5-11-19,20-12-6-2-7-13-20)21-14-8-3-9-15-21/h1-16,18,22,28H,17H2.